The number of benzene rings is 3. The Morgan fingerprint density at radius 3 is 2.30 bits per heavy atom. The van der Waals surface area contributed by atoms with Crippen LogP contribution in [0.25, 0.3) is 0 Å². The molecule has 0 bridgehead atoms. The summed E-state index contributed by atoms with van der Waals surface area (Å²) in [5, 5.41) is 3.20. The van der Waals surface area contributed by atoms with Crippen molar-refractivity contribution >= 4 is 33.0 Å². The van der Waals surface area contributed by atoms with Crippen LogP contribution < -0.4 is 10.1 Å². The third kappa shape index (κ3) is 6.34. The van der Waals surface area contributed by atoms with Gasteiger partial charge >= 0.3 is 0 Å². The van der Waals surface area contributed by atoms with Gasteiger partial charge < -0.3 is 10.1 Å². The van der Waals surface area contributed by atoms with E-state index in [0.717, 1.165) is 12.0 Å². The van der Waals surface area contributed by atoms with Crippen LogP contribution in [0.3, 0.4) is 0 Å². The standard InChI is InChI=1S/C23H22ClNO4S/c24-19-10-12-20(13-11-19)30(27,28)17-15-23(26)25-21-8-4-5-9-22(21)29-16-14-18-6-2-1-3-7-18/h1-13H,14-17H2,(H,25,26). The maximum atomic E-state index is 12.4. The average molecular weight is 444 g/mol. The third-order valence-corrected chi connectivity index (χ3v) is 6.41. The van der Waals surface area contributed by atoms with Crippen LogP contribution in [0.15, 0.2) is 83.8 Å². The van der Waals surface area contributed by atoms with Gasteiger partial charge in [-0.15, -0.1) is 0 Å². The van der Waals surface area contributed by atoms with Crippen molar-refractivity contribution < 1.29 is 17.9 Å². The van der Waals surface area contributed by atoms with Crippen LogP contribution in [0.2, 0.25) is 5.02 Å². The summed E-state index contributed by atoms with van der Waals surface area (Å²) >= 11 is 5.79. The van der Waals surface area contributed by atoms with E-state index in [4.69, 9.17) is 16.3 Å². The number of carbonyl (C=O) groups is 1. The maximum absolute atomic E-state index is 12.4. The van der Waals surface area contributed by atoms with Crippen molar-refractivity contribution in [3.05, 3.63) is 89.4 Å². The number of amides is 1. The molecule has 0 saturated heterocycles. The van der Waals surface area contributed by atoms with Gasteiger partial charge in [-0.3, -0.25) is 4.79 Å². The monoisotopic (exact) mass is 443 g/mol. The van der Waals surface area contributed by atoms with E-state index in [-0.39, 0.29) is 17.1 Å². The van der Waals surface area contributed by atoms with Gasteiger partial charge in [-0.25, -0.2) is 8.42 Å². The average Bonchev–Trinajstić information content (AvgIpc) is 2.75. The molecular formula is C23H22ClNO4S. The first-order valence-corrected chi connectivity index (χ1v) is 11.5. The third-order valence-electron chi connectivity index (χ3n) is 4.42. The fourth-order valence-electron chi connectivity index (χ4n) is 2.82. The number of hydrogen-bond acceptors (Lipinski definition) is 4. The molecule has 0 fully saturated rings. The van der Waals surface area contributed by atoms with Gasteiger partial charge in [0, 0.05) is 17.9 Å². The SMILES string of the molecule is O=C(CCS(=O)(=O)c1ccc(Cl)cc1)Nc1ccccc1OCCc1ccccc1. The smallest absolute Gasteiger partial charge is 0.225 e. The summed E-state index contributed by atoms with van der Waals surface area (Å²) in [6, 6.07) is 22.9. The van der Waals surface area contributed by atoms with Crippen LogP contribution >= 0.6 is 11.6 Å². The second-order valence-electron chi connectivity index (χ2n) is 6.65. The van der Waals surface area contributed by atoms with Crippen molar-refractivity contribution in [1.82, 2.24) is 0 Å². The number of carbonyl (C=O) groups excluding carboxylic acids is 1. The largest absolute Gasteiger partial charge is 0.491 e. The van der Waals surface area contributed by atoms with E-state index in [1.165, 1.54) is 24.3 Å². The van der Waals surface area contributed by atoms with Crippen LogP contribution in [0, 0.1) is 0 Å². The van der Waals surface area contributed by atoms with Gasteiger partial charge in [0.15, 0.2) is 9.84 Å². The summed E-state index contributed by atoms with van der Waals surface area (Å²) in [5.74, 6) is -0.147. The zero-order valence-electron chi connectivity index (χ0n) is 16.3. The van der Waals surface area contributed by atoms with E-state index >= 15 is 0 Å². The van der Waals surface area contributed by atoms with Crippen molar-refractivity contribution in [3.63, 3.8) is 0 Å². The molecule has 0 heterocycles. The molecule has 0 spiro atoms. The molecule has 3 aromatic rings. The Morgan fingerprint density at radius 1 is 0.900 bits per heavy atom. The van der Waals surface area contributed by atoms with E-state index in [1.54, 1.807) is 18.2 Å². The second kappa shape index (κ2) is 10.3. The summed E-state index contributed by atoms with van der Waals surface area (Å²) in [6.45, 7) is 0.460. The maximum Gasteiger partial charge on any atom is 0.225 e. The topological polar surface area (TPSA) is 72.5 Å². The first-order valence-electron chi connectivity index (χ1n) is 9.48. The fraction of sp³-hybridized carbons (Fsp3) is 0.174. The summed E-state index contributed by atoms with van der Waals surface area (Å²) in [5.41, 5.74) is 1.67. The highest BCUT2D eigenvalue weighted by molar-refractivity contribution is 7.91. The van der Waals surface area contributed by atoms with Crippen molar-refractivity contribution in [2.24, 2.45) is 0 Å². The molecule has 3 rings (SSSR count). The van der Waals surface area contributed by atoms with Crippen molar-refractivity contribution in [1.29, 1.82) is 0 Å². The molecule has 7 heteroatoms. The van der Waals surface area contributed by atoms with E-state index in [9.17, 15) is 13.2 Å². The molecule has 0 aromatic heterocycles. The lowest BCUT2D eigenvalue weighted by atomic mass is 10.2. The van der Waals surface area contributed by atoms with Crippen molar-refractivity contribution in [3.8, 4) is 5.75 Å². The van der Waals surface area contributed by atoms with Gasteiger partial charge in [-0.1, -0.05) is 54.1 Å². The molecule has 1 amide bonds. The van der Waals surface area contributed by atoms with Crippen LogP contribution in [0.4, 0.5) is 5.69 Å². The zero-order chi connectivity index (χ0) is 21.4. The number of sulfone groups is 1. The number of ether oxygens (including phenoxy) is 1. The van der Waals surface area contributed by atoms with Gasteiger partial charge in [0.1, 0.15) is 5.75 Å². The molecule has 3 aromatic carbocycles. The van der Waals surface area contributed by atoms with Gasteiger partial charge in [-0.2, -0.15) is 0 Å². The summed E-state index contributed by atoms with van der Waals surface area (Å²) < 4.78 is 30.6. The van der Waals surface area contributed by atoms with Crippen molar-refractivity contribution in [2.45, 2.75) is 17.7 Å². The first-order chi connectivity index (χ1) is 14.4. The Kier molecular flexibility index (Phi) is 7.49. The Labute approximate surface area is 181 Å². The minimum absolute atomic E-state index is 0.143. The fourth-order valence-corrected chi connectivity index (χ4v) is 4.19. The summed E-state index contributed by atoms with van der Waals surface area (Å²) in [7, 11) is -3.57. The molecule has 5 nitrogen and oxygen atoms in total. The number of para-hydroxylation sites is 2. The lowest BCUT2D eigenvalue weighted by Crippen LogP contribution is -2.18. The lowest BCUT2D eigenvalue weighted by molar-refractivity contribution is -0.115. The van der Waals surface area contributed by atoms with Gasteiger partial charge in [0.05, 0.1) is 22.9 Å². The molecule has 0 saturated carbocycles. The number of anilines is 1. The van der Waals surface area contributed by atoms with Gasteiger partial charge in [0.25, 0.3) is 0 Å². The normalized spacial score (nSPS) is 11.1. The molecule has 0 unspecified atom stereocenters. The molecule has 0 aliphatic heterocycles. The van der Waals surface area contributed by atoms with Crippen LogP contribution in [-0.2, 0) is 21.1 Å². The van der Waals surface area contributed by atoms with E-state index < -0.39 is 15.7 Å². The summed E-state index contributed by atoms with van der Waals surface area (Å²) in [6.07, 6.45) is 0.575. The van der Waals surface area contributed by atoms with Crippen molar-refractivity contribution in [2.75, 3.05) is 17.7 Å². The van der Waals surface area contributed by atoms with E-state index in [2.05, 4.69) is 5.32 Å². The predicted octanol–water partition coefficient (Wildman–Crippen LogP) is 4.76. The van der Waals surface area contributed by atoms with Crippen LogP contribution in [-0.4, -0.2) is 26.7 Å². The molecule has 0 aliphatic carbocycles. The highest BCUT2D eigenvalue weighted by atomic mass is 35.5. The van der Waals surface area contributed by atoms with E-state index in [0.29, 0.717) is 23.1 Å². The quantitative estimate of drug-likeness (QED) is 0.517. The molecular weight excluding hydrogens is 422 g/mol. The minimum atomic E-state index is -3.57. The number of nitrogens with one attached hydrogen (secondary N) is 1. The molecule has 30 heavy (non-hydrogen) atoms. The highest BCUT2D eigenvalue weighted by Crippen LogP contribution is 2.24. The zero-order valence-corrected chi connectivity index (χ0v) is 17.8. The lowest BCUT2D eigenvalue weighted by Gasteiger charge is -2.13. The molecule has 156 valence electrons. The second-order valence-corrected chi connectivity index (χ2v) is 9.20. The number of hydrogen-bond donors (Lipinski definition) is 1. The Morgan fingerprint density at radius 2 is 1.57 bits per heavy atom. The Bertz CT molecular complexity index is 1080. The van der Waals surface area contributed by atoms with Gasteiger partial charge in [0.2, 0.25) is 5.91 Å². The van der Waals surface area contributed by atoms with Crippen LogP contribution in [0.5, 0.6) is 5.75 Å². The van der Waals surface area contributed by atoms with E-state index in [1.807, 2.05) is 36.4 Å². The summed E-state index contributed by atoms with van der Waals surface area (Å²) in [4.78, 5) is 12.5. The number of rotatable bonds is 9. The highest BCUT2D eigenvalue weighted by Gasteiger charge is 2.17. The molecule has 0 radical (unpaired) electrons. The number of halogens is 1. The Balaban J connectivity index is 1.55. The molecule has 1 N–H and O–H groups in total. The minimum Gasteiger partial charge on any atom is -0.491 e. The van der Waals surface area contributed by atoms with Crippen LogP contribution in [0.1, 0.15) is 12.0 Å². The predicted molar refractivity (Wildman–Crippen MR) is 119 cm³/mol. The Hall–Kier alpha value is -2.83. The van der Waals surface area contributed by atoms with Gasteiger partial charge in [-0.05, 0) is 42.0 Å². The molecule has 0 atom stereocenters. The first kappa shape index (κ1) is 21.9. The molecule has 0 aliphatic rings.